The topological polar surface area (TPSA) is 117 Å². The molecule has 4 rings (SSSR count). The van der Waals surface area contributed by atoms with Crippen LogP contribution in [0.2, 0.25) is 10.0 Å². The van der Waals surface area contributed by atoms with Gasteiger partial charge in [-0.25, -0.2) is 4.79 Å². The average molecular weight is 540 g/mol. The van der Waals surface area contributed by atoms with Gasteiger partial charge in [-0.15, -0.1) is 0 Å². The van der Waals surface area contributed by atoms with Crippen molar-refractivity contribution in [1.82, 2.24) is 0 Å². The van der Waals surface area contributed by atoms with Crippen LogP contribution in [-0.2, 0) is 4.79 Å². The number of halogens is 2. The molecule has 0 aliphatic heterocycles. The van der Waals surface area contributed by atoms with E-state index in [0.29, 0.717) is 11.3 Å². The quantitative estimate of drug-likeness (QED) is 0.232. The van der Waals surface area contributed by atoms with Gasteiger partial charge in [-0.05, 0) is 60.2 Å². The average Bonchev–Trinajstić information content (AvgIpc) is 2.88. The summed E-state index contributed by atoms with van der Waals surface area (Å²) in [6.45, 7) is -0.758. The highest BCUT2D eigenvalue weighted by Crippen LogP contribution is 2.42. The van der Waals surface area contributed by atoms with E-state index < -0.39 is 18.6 Å². The summed E-state index contributed by atoms with van der Waals surface area (Å²) >= 11 is 12.9. The lowest BCUT2D eigenvalue weighted by atomic mass is 10.0. The Kier molecular flexibility index (Phi) is 7.71. The highest BCUT2D eigenvalue weighted by atomic mass is 35.5. The summed E-state index contributed by atoms with van der Waals surface area (Å²) in [4.78, 5) is 25.1. The molecule has 0 unspecified atom stereocenters. The van der Waals surface area contributed by atoms with Gasteiger partial charge in [0, 0.05) is 5.56 Å². The first-order chi connectivity index (χ1) is 17.7. The van der Waals surface area contributed by atoms with Gasteiger partial charge in [-0.2, -0.15) is 0 Å². The molecule has 0 fully saturated rings. The molecule has 0 aliphatic carbocycles. The number of anilines is 1. The fourth-order valence-corrected chi connectivity index (χ4v) is 3.87. The van der Waals surface area contributed by atoms with Crippen LogP contribution in [0.15, 0.2) is 84.9 Å². The number of aromatic hydroxyl groups is 2. The molecule has 188 valence electrons. The molecule has 4 aromatic carbocycles. The summed E-state index contributed by atoms with van der Waals surface area (Å²) < 4.78 is 11.1. The molecule has 0 radical (unpaired) electrons. The molecule has 3 N–H and O–H groups in total. The Morgan fingerprint density at radius 3 is 2.16 bits per heavy atom. The number of ether oxygens (including phenoxy) is 2. The second-order valence-electron chi connectivity index (χ2n) is 7.70. The number of amides is 1. The highest BCUT2D eigenvalue weighted by molar-refractivity contribution is 6.45. The van der Waals surface area contributed by atoms with Gasteiger partial charge in [0.1, 0.15) is 40.3 Å². The van der Waals surface area contributed by atoms with Crippen molar-refractivity contribution in [3.05, 3.63) is 95.0 Å². The lowest BCUT2D eigenvalue weighted by Gasteiger charge is -2.22. The Hall–Kier alpha value is -4.40. The zero-order valence-electron chi connectivity index (χ0n) is 19.0. The van der Waals surface area contributed by atoms with Crippen LogP contribution in [0.5, 0.6) is 28.7 Å². The maximum atomic E-state index is 12.8. The third-order valence-electron chi connectivity index (χ3n) is 5.15. The molecule has 4 aromatic rings. The number of carbonyl (C=O) groups excluding carboxylic acids is 1. The van der Waals surface area contributed by atoms with E-state index in [-0.39, 0.29) is 38.7 Å². The zero-order chi connectivity index (χ0) is 26.5. The summed E-state index contributed by atoms with van der Waals surface area (Å²) in [7, 11) is 0. The lowest BCUT2D eigenvalue weighted by Crippen LogP contribution is -2.38. The predicted molar refractivity (Wildman–Crippen MR) is 139 cm³/mol. The van der Waals surface area contributed by atoms with E-state index in [0.717, 1.165) is 10.5 Å². The van der Waals surface area contributed by atoms with Gasteiger partial charge in [0.25, 0.3) is 0 Å². The molecule has 0 saturated heterocycles. The molecule has 0 saturated carbocycles. The van der Waals surface area contributed by atoms with Gasteiger partial charge in [0.2, 0.25) is 0 Å². The number of hydrogen-bond donors (Lipinski definition) is 3. The summed E-state index contributed by atoms with van der Waals surface area (Å²) in [6, 6.07) is 22.0. The highest BCUT2D eigenvalue weighted by Gasteiger charge is 2.26. The summed E-state index contributed by atoms with van der Waals surface area (Å²) in [5.74, 6) is -0.694. The van der Waals surface area contributed by atoms with Gasteiger partial charge in [-0.1, -0.05) is 53.5 Å². The number of benzene rings is 4. The largest absolute Gasteiger partial charge is 0.508 e. The first-order valence-corrected chi connectivity index (χ1v) is 11.5. The van der Waals surface area contributed by atoms with E-state index >= 15 is 0 Å². The third kappa shape index (κ3) is 6.06. The van der Waals surface area contributed by atoms with Crippen LogP contribution in [0.3, 0.4) is 0 Å². The first kappa shape index (κ1) is 25.7. The van der Waals surface area contributed by atoms with Crippen molar-refractivity contribution < 1.29 is 34.4 Å². The Bertz CT molecular complexity index is 1440. The molecular formula is C27H19Cl2NO7. The molecule has 0 heterocycles. The molecule has 10 heteroatoms. The standard InChI is InChI=1S/C27H19Cl2NO7/c28-25-21(30(15-24(33)34)27(35)37-18-8-6-17(31)7-9-18)11-13-23(26(25)29)36-19-10-12-22(32)20(14-19)16-4-2-1-3-5-16/h1-14,31-32H,15H2,(H,33,34). The van der Waals surface area contributed by atoms with Gasteiger partial charge in [-0.3, -0.25) is 9.69 Å². The van der Waals surface area contributed by atoms with Crippen molar-refractivity contribution in [3.8, 4) is 39.9 Å². The number of phenolic OH excluding ortho intramolecular Hbond substituents is 2. The van der Waals surface area contributed by atoms with Crippen molar-refractivity contribution >= 4 is 41.0 Å². The number of nitrogens with zero attached hydrogens (tertiary/aromatic N) is 1. The van der Waals surface area contributed by atoms with Gasteiger partial charge in [0.15, 0.2) is 0 Å². The van der Waals surface area contributed by atoms with E-state index in [9.17, 15) is 24.9 Å². The summed E-state index contributed by atoms with van der Waals surface area (Å²) in [5.41, 5.74) is 1.31. The first-order valence-electron chi connectivity index (χ1n) is 10.8. The molecule has 0 bridgehead atoms. The van der Waals surface area contributed by atoms with Crippen LogP contribution in [-0.4, -0.2) is 33.9 Å². The smallest absolute Gasteiger partial charge is 0.420 e. The fourth-order valence-electron chi connectivity index (χ4n) is 3.42. The number of hydrogen-bond acceptors (Lipinski definition) is 6. The van der Waals surface area contributed by atoms with E-state index in [4.69, 9.17) is 32.7 Å². The molecule has 0 atom stereocenters. The Morgan fingerprint density at radius 1 is 0.811 bits per heavy atom. The normalized spacial score (nSPS) is 10.5. The van der Waals surface area contributed by atoms with E-state index in [2.05, 4.69) is 0 Å². The van der Waals surface area contributed by atoms with Crippen molar-refractivity contribution in [3.63, 3.8) is 0 Å². The summed E-state index contributed by atoms with van der Waals surface area (Å²) in [6.07, 6.45) is -1.02. The number of carboxylic acids is 1. The van der Waals surface area contributed by atoms with E-state index in [1.165, 1.54) is 42.5 Å². The van der Waals surface area contributed by atoms with Crippen LogP contribution >= 0.6 is 23.2 Å². The molecule has 8 nitrogen and oxygen atoms in total. The second kappa shape index (κ2) is 11.1. The van der Waals surface area contributed by atoms with E-state index in [1.54, 1.807) is 12.1 Å². The van der Waals surface area contributed by atoms with Gasteiger partial charge in [0.05, 0.1) is 10.7 Å². The minimum atomic E-state index is -1.31. The second-order valence-corrected chi connectivity index (χ2v) is 8.46. The molecular weight excluding hydrogens is 521 g/mol. The molecule has 0 aromatic heterocycles. The van der Waals surface area contributed by atoms with E-state index in [1.807, 2.05) is 30.3 Å². The van der Waals surface area contributed by atoms with Gasteiger partial charge >= 0.3 is 12.1 Å². The van der Waals surface area contributed by atoms with Crippen LogP contribution in [0.4, 0.5) is 10.5 Å². The fraction of sp³-hybridized carbons (Fsp3) is 0.0370. The monoisotopic (exact) mass is 539 g/mol. The van der Waals surface area contributed by atoms with Crippen LogP contribution in [0.25, 0.3) is 11.1 Å². The number of carbonyl (C=O) groups is 2. The van der Waals surface area contributed by atoms with Crippen molar-refractivity contribution in [2.75, 3.05) is 11.4 Å². The minimum Gasteiger partial charge on any atom is -0.508 e. The maximum absolute atomic E-state index is 12.8. The van der Waals surface area contributed by atoms with Crippen molar-refractivity contribution in [2.24, 2.45) is 0 Å². The Balaban J connectivity index is 1.62. The van der Waals surface area contributed by atoms with Crippen molar-refractivity contribution in [1.29, 1.82) is 0 Å². The SMILES string of the molecule is O=C(O)CN(C(=O)Oc1ccc(O)cc1)c1ccc(Oc2ccc(O)c(-c3ccccc3)c2)c(Cl)c1Cl. The zero-order valence-corrected chi connectivity index (χ0v) is 20.5. The van der Waals surface area contributed by atoms with Crippen LogP contribution in [0.1, 0.15) is 0 Å². The van der Waals surface area contributed by atoms with Crippen LogP contribution in [0, 0.1) is 0 Å². The molecule has 0 aliphatic rings. The maximum Gasteiger partial charge on any atom is 0.420 e. The number of carboxylic acid groups (broad SMARTS) is 1. The minimum absolute atomic E-state index is 0.0131. The van der Waals surface area contributed by atoms with Crippen molar-refractivity contribution in [2.45, 2.75) is 0 Å². The molecule has 0 spiro atoms. The Morgan fingerprint density at radius 2 is 1.49 bits per heavy atom. The lowest BCUT2D eigenvalue weighted by molar-refractivity contribution is -0.135. The number of rotatable bonds is 7. The predicted octanol–water partition coefficient (Wildman–Crippen LogP) is 6.95. The Labute approximate surface area is 221 Å². The third-order valence-corrected chi connectivity index (χ3v) is 6.01. The number of aliphatic carboxylic acids is 1. The summed E-state index contributed by atoms with van der Waals surface area (Å²) in [5, 5.41) is 28.8. The van der Waals surface area contributed by atoms with Crippen LogP contribution < -0.4 is 14.4 Å². The molecule has 1 amide bonds. The number of phenols is 2. The molecule has 37 heavy (non-hydrogen) atoms. The van der Waals surface area contributed by atoms with Gasteiger partial charge < -0.3 is 24.8 Å².